The van der Waals surface area contributed by atoms with Crippen molar-refractivity contribution in [3.8, 4) is 0 Å². The first kappa shape index (κ1) is 17.8. The lowest BCUT2D eigenvalue weighted by molar-refractivity contribution is 0.180. The minimum Gasteiger partial charge on any atom is -0.384 e. The van der Waals surface area contributed by atoms with Crippen LogP contribution in [0.4, 0.5) is 5.69 Å². The lowest BCUT2D eigenvalue weighted by Gasteiger charge is -2.41. The normalized spacial score (nSPS) is 18.5. The maximum absolute atomic E-state index is 5.07. The third kappa shape index (κ3) is 4.77. The van der Waals surface area contributed by atoms with Crippen LogP contribution in [-0.2, 0) is 17.7 Å². The Morgan fingerprint density at radius 3 is 2.48 bits per heavy atom. The van der Waals surface area contributed by atoms with E-state index in [1.165, 1.54) is 16.8 Å². The molecule has 2 heterocycles. The second-order valence-electron chi connectivity index (χ2n) is 6.85. The zero-order valence-corrected chi connectivity index (χ0v) is 15.5. The van der Waals surface area contributed by atoms with Gasteiger partial charge in [-0.3, -0.25) is 4.90 Å². The number of hydrogen-bond donors (Lipinski definition) is 0. The van der Waals surface area contributed by atoms with Gasteiger partial charge in [-0.1, -0.05) is 17.7 Å². The van der Waals surface area contributed by atoms with Crippen molar-refractivity contribution in [2.45, 2.75) is 32.9 Å². The molecule has 0 radical (unpaired) electrons. The second kappa shape index (κ2) is 8.41. The zero-order valence-electron chi connectivity index (χ0n) is 15.5. The van der Waals surface area contributed by atoms with Gasteiger partial charge in [-0.2, -0.15) is 0 Å². The highest BCUT2D eigenvalue weighted by Gasteiger charge is 2.24. The highest BCUT2D eigenvalue weighted by Crippen LogP contribution is 2.20. The predicted molar refractivity (Wildman–Crippen MR) is 101 cm³/mol. The lowest BCUT2D eigenvalue weighted by atomic mass is 10.1. The molecule has 1 fully saturated rings. The quantitative estimate of drug-likeness (QED) is 0.809. The summed E-state index contributed by atoms with van der Waals surface area (Å²) in [6.45, 7) is 9.17. The predicted octanol–water partition coefficient (Wildman–Crippen LogP) is 2.68. The van der Waals surface area contributed by atoms with Gasteiger partial charge >= 0.3 is 0 Å². The van der Waals surface area contributed by atoms with Gasteiger partial charge in [-0.15, -0.1) is 0 Å². The van der Waals surface area contributed by atoms with Gasteiger partial charge in [0, 0.05) is 69.4 Å². The molecule has 0 aliphatic carbocycles. The van der Waals surface area contributed by atoms with Gasteiger partial charge in [0.05, 0.1) is 6.61 Å². The summed E-state index contributed by atoms with van der Waals surface area (Å²) in [7, 11) is 1.70. The maximum atomic E-state index is 5.07. The summed E-state index contributed by atoms with van der Waals surface area (Å²) < 4.78 is 5.07. The Labute approximate surface area is 150 Å². The Balaban J connectivity index is 1.55. The van der Waals surface area contributed by atoms with Gasteiger partial charge in [0.1, 0.15) is 5.82 Å². The monoisotopic (exact) mass is 340 g/mol. The smallest absolute Gasteiger partial charge is 0.130 e. The molecule has 1 saturated heterocycles. The fourth-order valence-corrected chi connectivity index (χ4v) is 3.24. The Kier molecular flexibility index (Phi) is 6.00. The number of ether oxygens (including phenoxy) is 1. The van der Waals surface area contributed by atoms with Crippen molar-refractivity contribution in [3.63, 3.8) is 0 Å². The molecule has 134 valence electrons. The van der Waals surface area contributed by atoms with E-state index in [1.807, 2.05) is 12.4 Å². The molecule has 1 aliphatic heterocycles. The highest BCUT2D eigenvalue weighted by atomic mass is 16.5. The van der Waals surface area contributed by atoms with Crippen molar-refractivity contribution in [1.29, 1.82) is 0 Å². The average Bonchev–Trinajstić information content (AvgIpc) is 2.63. The van der Waals surface area contributed by atoms with E-state index in [0.717, 1.165) is 38.4 Å². The fraction of sp³-hybridized carbons (Fsp3) is 0.500. The molecule has 0 amide bonds. The molecule has 0 bridgehead atoms. The number of benzene rings is 1. The molecular weight excluding hydrogens is 312 g/mol. The standard InChI is InChI=1S/C20H28N4O/c1-16-4-6-19(7-5-16)24-10-9-23(17(2)14-24)15-18-12-21-20(22-13-18)8-11-25-3/h4-7,12-13,17H,8-11,14-15H2,1-3H3/t17-/m1/s1. The van der Waals surface area contributed by atoms with E-state index in [2.05, 4.69) is 57.9 Å². The van der Waals surface area contributed by atoms with Gasteiger partial charge in [0.25, 0.3) is 0 Å². The first-order valence-corrected chi connectivity index (χ1v) is 9.00. The molecule has 5 nitrogen and oxygen atoms in total. The van der Waals surface area contributed by atoms with Crippen molar-refractivity contribution in [2.75, 3.05) is 38.3 Å². The van der Waals surface area contributed by atoms with Crippen LogP contribution in [0.2, 0.25) is 0 Å². The number of aryl methyl sites for hydroxylation is 1. The minimum absolute atomic E-state index is 0.503. The van der Waals surface area contributed by atoms with E-state index in [-0.39, 0.29) is 0 Å². The minimum atomic E-state index is 0.503. The molecule has 2 aromatic rings. The first-order valence-electron chi connectivity index (χ1n) is 9.00. The molecule has 5 heteroatoms. The van der Waals surface area contributed by atoms with Crippen LogP contribution in [0.1, 0.15) is 23.9 Å². The summed E-state index contributed by atoms with van der Waals surface area (Å²) in [6.07, 6.45) is 4.68. The molecule has 1 aliphatic rings. The molecule has 0 saturated carbocycles. The fourth-order valence-electron chi connectivity index (χ4n) is 3.24. The third-order valence-electron chi connectivity index (χ3n) is 4.84. The number of anilines is 1. The van der Waals surface area contributed by atoms with Crippen LogP contribution in [0.15, 0.2) is 36.7 Å². The topological polar surface area (TPSA) is 41.5 Å². The number of hydrogen-bond acceptors (Lipinski definition) is 5. The van der Waals surface area contributed by atoms with E-state index in [9.17, 15) is 0 Å². The van der Waals surface area contributed by atoms with E-state index in [0.29, 0.717) is 12.6 Å². The lowest BCUT2D eigenvalue weighted by Crippen LogP contribution is -2.51. The first-order chi connectivity index (χ1) is 12.2. The molecule has 1 aromatic carbocycles. The van der Waals surface area contributed by atoms with E-state index >= 15 is 0 Å². The number of methoxy groups -OCH3 is 1. The Morgan fingerprint density at radius 1 is 1.12 bits per heavy atom. The Bertz CT molecular complexity index is 656. The van der Waals surface area contributed by atoms with Crippen LogP contribution in [0, 0.1) is 6.92 Å². The molecule has 3 rings (SSSR count). The third-order valence-corrected chi connectivity index (χ3v) is 4.84. The van der Waals surface area contributed by atoms with Crippen LogP contribution in [0.25, 0.3) is 0 Å². The van der Waals surface area contributed by atoms with Crippen molar-refractivity contribution in [2.24, 2.45) is 0 Å². The largest absolute Gasteiger partial charge is 0.384 e. The molecule has 0 unspecified atom stereocenters. The molecule has 25 heavy (non-hydrogen) atoms. The van der Waals surface area contributed by atoms with Crippen molar-refractivity contribution in [3.05, 3.63) is 53.6 Å². The van der Waals surface area contributed by atoms with E-state index in [4.69, 9.17) is 4.74 Å². The number of aromatic nitrogens is 2. The highest BCUT2D eigenvalue weighted by molar-refractivity contribution is 5.48. The molecule has 1 atom stereocenters. The van der Waals surface area contributed by atoms with Gasteiger partial charge in [0.15, 0.2) is 0 Å². The van der Waals surface area contributed by atoms with Crippen LogP contribution < -0.4 is 4.90 Å². The van der Waals surface area contributed by atoms with Gasteiger partial charge < -0.3 is 9.64 Å². The number of rotatable bonds is 6. The molecule has 0 spiro atoms. The van der Waals surface area contributed by atoms with Crippen LogP contribution in [0.3, 0.4) is 0 Å². The number of piperazine rings is 1. The summed E-state index contributed by atoms with van der Waals surface area (Å²) in [5, 5.41) is 0. The summed E-state index contributed by atoms with van der Waals surface area (Å²) in [5.74, 6) is 0.850. The average molecular weight is 340 g/mol. The second-order valence-corrected chi connectivity index (χ2v) is 6.85. The van der Waals surface area contributed by atoms with Crippen molar-refractivity contribution >= 4 is 5.69 Å². The summed E-state index contributed by atoms with van der Waals surface area (Å²) >= 11 is 0. The van der Waals surface area contributed by atoms with E-state index < -0.39 is 0 Å². The number of nitrogens with zero attached hydrogens (tertiary/aromatic N) is 4. The van der Waals surface area contributed by atoms with Crippen molar-refractivity contribution in [1.82, 2.24) is 14.9 Å². The molecule has 1 aromatic heterocycles. The van der Waals surface area contributed by atoms with Gasteiger partial charge in [0.2, 0.25) is 0 Å². The van der Waals surface area contributed by atoms with Crippen LogP contribution >= 0.6 is 0 Å². The van der Waals surface area contributed by atoms with Crippen LogP contribution in [0.5, 0.6) is 0 Å². The zero-order chi connectivity index (χ0) is 17.6. The SMILES string of the molecule is COCCc1ncc(CN2CCN(c3ccc(C)cc3)C[C@H]2C)cn1. The van der Waals surface area contributed by atoms with Crippen molar-refractivity contribution < 1.29 is 4.74 Å². The van der Waals surface area contributed by atoms with Gasteiger partial charge in [-0.05, 0) is 26.0 Å². The maximum Gasteiger partial charge on any atom is 0.130 e. The summed E-state index contributed by atoms with van der Waals surface area (Å²) in [5.41, 5.74) is 3.81. The Morgan fingerprint density at radius 2 is 1.84 bits per heavy atom. The Hall–Kier alpha value is -1.98. The van der Waals surface area contributed by atoms with E-state index in [1.54, 1.807) is 7.11 Å². The molecular formula is C20H28N4O. The summed E-state index contributed by atoms with van der Waals surface area (Å²) in [4.78, 5) is 13.9. The summed E-state index contributed by atoms with van der Waals surface area (Å²) in [6, 6.07) is 9.33. The molecule has 0 N–H and O–H groups in total. The van der Waals surface area contributed by atoms with Crippen LogP contribution in [-0.4, -0.2) is 54.3 Å². The van der Waals surface area contributed by atoms with Gasteiger partial charge in [-0.25, -0.2) is 9.97 Å².